The van der Waals surface area contributed by atoms with Gasteiger partial charge in [-0.3, -0.25) is 9.13 Å². The van der Waals surface area contributed by atoms with E-state index in [4.69, 9.17) is 34.3 Å². The summed E-state index contributed by atoms with van der Waals surface area (Å²) in [6.45, 7) is 4.68. The third kappa shape index (κ3) is 13.0. The van der Waals surface area contributed by atoms with Gasteiger partial charge in [0.1, 0.15) is 17.0 Å². The first-order chi connectivity index (χ1) is 67.7. The van der Waals surface area contributed by atoms with Crippen molar-refractivity contribution < 1.29 is 4.42 Å². The Hall–Kier alpha value is -17.4. The second-order valence-electron chi connectivity index (χ2n) is 35.8. The average Bonchev–Trinajstić information content (AvgIpc) is 1.58. The maximum atomic E-state index is 6.63. The molecule has 1 aliphatic rings. The molecule has 19 aromatic carbocycles. The topological polar surface area (TPSA) is 105 Å². The number of hydrogen-bond acceptors (Lipinski definition) is 9. The summed E-state index contributed by atoms with van der Waals surface area (Å²) in [5.74, 6) is 3.54. The van der Waals surface area contributed by atoms with E-state index in [2.05, 4.69) is 398 Å². The summed E-state index contributed by atoms with van der Waals surface area (Å²) in [5.41, 5.74) is 28.9. The van der Waals surface area contributed by atoms with Gasteiger partial charge in [0.25, 0.3) is 0 Å². The van der Waals surface area contributed by atoms with E-state index in [9.17, 15) is 0 Å². The summed E-state index contributed by atoms with van der Waals surface area (Å²) in [7, 11) is 0. The van der Waals surface area contributed by atoms with Crippen LogP contribution in [0.2, 0.25) is 0 Å². The number of hydrogen-bond donors (Lipinski definition) is 0. The van der Waals surface area contributed by atoms with E-state index in [1.54, 1.807) is 0 Å². The minimum Gasteiger partial charge on any atom is -0.455 e. The van der Waals surface area contributed by atoms with Crippen LogP contribution in [-0.4, -0.2) is 43.6 Å². The predicted molar refractivity (Wildman–Crippen MR) is 573 cm³/mol. The van der Waals surface area contributed by atoms with Gasteiger partial charge in [-0.1, -0.05) is 347 Å². The van der Waals surface area contributed by atoms with Crippen molar-refractivity contribution >= 4 is 172 Å². The summed E-state index contributed by atoms with van der Waals surface area (Å²) in [6, 6.07) is 157. The highest BCUT2D eigenvalue weighted by Crippen LogP contribution is 2.53. The first kappa shape index (κ1) is 79.3. The number of benzene rings is 19. The van der Waals surface area contributed by atoms with Crippen molar-refractivity contribution in [1.82, 2.24) is 43.6 Å². The van der Waals surface area contributed by atoms with Crippen LogP contribution < -0.4 is 0 Å². The van der Waals surface area contributed by atoms with Crippen LogP contribution in [0, 0.1) is 0 Å². The van der Waals surface area contributed by atoms with Gasteiger partial charge in [0, 0.05) is 122 Å². The molecule has 0 N–H and O–H groups in total. The first-order valence-corrected chi connectivity index (χ1v) is 48.0. The molecule has 10 nitrogen and oxygen atoms in total. The second kappa shape index (κ2) is 31.9. The summed E-state index contributed by atoms with van der Waals surface area (Å²) < 4.78 is 18.8. The highest BCUT2D eigenvalue weighted by molar-refractivity contribution is 7.27. The molecular formula is C125H79N9OS2. The number of rotatable bonds is 10. The van der Waals surface area contributed by atoms with Gasteiger partial charge < -0.3 is 8.98 Å². The summed E-state index contributed by atoms with van der Waals surface area (Å²) in [4.78, 5) is 30.8. The lowest BCUT2D eigenvalue weighted by Crippen LogP contribution is -2.14. The molecule has 9 heterocycles. The molecule has 0 spiro atoms. The summed E-state index contributed by atoms with van der Waals surface area (Å²) in [5, 5.41) is 16.8. The van der Waals surface area contributed by atoms with Crippen molar-refractivity contribution in [2.75, 3.05) is 0 Å². The van der Waals surface area contributed by atoms with Crippen molar-refractivity contribution in [3.05, 3.63) is 454 Å². The molecule has 1 aliphatic carbocycles. The molecule has 0 saturated heterocycles. The summed E-state index contributed by atoms with van der Waals surface area (Å²) in [6.07, 6.45) is 0. The number of para-hydroxylation sites is 5. The maximum Gasteiger partial charge on any atom is 0.235 e. The normalized spacial score (nSPS) is 12.4. The van der Waals surface area contributed by atoms with Gasteiger partial charge in [-0.15, -0.1) is 22.7 Å². The zero-order chi connectivity index (χ0) is 90.5. The van der Waals surface area contributed by atoms with Crippen molar-refractivity contribution in [1.29, 1.82) is 0 Å². The highest BCUT2D eigenvalue weighted by atomic mass is 32.1. The molecular weight excluding hydrogens is 1710 g/mol. The Bertz CT molecular complexity index is 9700. The fourth-order valence-electron chi connectivity index (χ4n) is 21.2. The lowest BCUT2D eigenvalue weighted by atomic mass is 9.82. The molecule has 0 radical (unpaired) electrons. The van der Waals surface area contributed by atoms with Crippen LogP contribution in [0.25, 0.3) is 257 Å². The summed E-state index contributed by atoms with van der Waals surface area (Å²) >= 11 is 3.71. The number of nitrogens with zero attached hydrogens (tertiary/aromatic N) is 9. The van der Waals surface area contributed by atoms with Crippen LogP contribution in [0.5, 0.6) is 0 Å². The lowest BCUT2D eigenvalue weighted by molar-refractivity contribution is 0.661. The van der Waals surface area contributed by atoms with Crippen LogP contribution >= 0.6 is 22.7 Å². The van der Waals surface area contributed by atoms with E-state index < -0.39 is 0 Å². The van der Waals surface area contributed by atoms with Crippen LogP contribution in [0.4, 0.5) is 0 Å². The molecule has 0 fully saturated rings. The molecule has 642 valence electrons. The van der Waals surface area contributed by atoms with E-state index in [1.165, 1.54) is 128 Å². The first-order valence-electron chi connectivity index (χ1n) is 46.4. The van der Waals surface area contributed by atoms with E-state index in [0.717, 1.165) is 116 Å². The Morgan fingerprint density at radius 1 is 0.241 bits per heavy atom. The fraction of sp³-hybridized carbons (Fsp3) is 0.0240. The third-order valence-corrected chi connectivity index (χ3v) is 30.1. The number of furan rings is 1. The Kier molecular flexibility index (Phi) is 18.5. The molecule has 9 aromatic heterocycles. The average molecular weight is 1790 g/mol. The molecule has 12 heteroatoms. The van der Waals surface area contributed by atoms with Crippen LogP contribution in [0.15, 0.2) is 447 Å². The molecule has 28 aromatic rings. The largest absolute Gasteiger partial charge is 0.455 e. The van der Waals surface area contributed by atoms with E-state index in [1.807, 2.05) is 95.5 Å². The second-order valence-corrected chi connectivity index (χ2v) is 37.9. The van der Waals surface area contributed by atoms with Gasteiger partial charge in [-0.25, -0.2) is 29.9 Å². The Labute approximate surface area is 794 Å². The number of pyridine rings is 1. The fourth-order valence-corrected chi connectivity index (χ4v) is 23.7. The molecule has 0 aliphatic heterocycles. The van der Waals surface area contributed by atoms with E-state index in [-0.39, 0.29) is 5.41 Å². The number of aromatic nitrogens is 9. The van der Waals surface area contributed by atoms with Crippen LogP contribution in [0.3, 0.4) is 0 Å². The Morgan fingerprint density at radius 2 is 0.708 bits per heavy atom. The minimum atomic E-state index is -0.0726. The number of fused-ring (bicyclic) bond motifs is 25. The van der Waals surface area contributed by atoms with Crippen molar-refractivity contribution in [2.45, 2.75) is 19.3 Å². The quantitative estimate of drug-likeness (QED) is 0.134. The zero-order valence-corrected chi connectivity index (χ0v) is 76.0. The van der Waals surface area contributed by atoms with Gasteiger partial charge >= 0.3 is 0 Å². The maximum absolute atomic E-state index is 6.63. The molecule has 0 saturated carbocycles. The Morgan fingerprint density at radius 3 is 1.39 bits per heavy atom. The molecule has 0 atom stereocenters. The van der Waals surface area contributed by atoms with Gasteiger partial charge in [-0.2, -0.15) is 0 Å². The monoisotopic (exact) mass is 1790 g/mol. The third-order valence-electron chi connectivity index (χ3n) is 27.7. The Balaban J connectivity index is 0.000000104. The number of thiophene rings is 2. The molecule has 137 heavy (non-hydrogen) atoms. The molecule has 29 rings (SSSR count). The SMILES string of the molecule is CC1(C)c2ccccc2-c2cc3c4ccccc4n(-c4ccc(-c5nc(-c6ccccc6)nc(-c6ccccc6)n5)cc4)c3cc21.c1ccc(-c2ccc(-c3cc(-n4c5ccccc5c5c6sc7ccccc7c6ccc54)nc4ccccc34)cc2)cc1.c1ccc(-c2ccc3c4c5oc6ccccc6c5ccc4n(-c4nc(-c5cccc6c5sc5ccccc56)c5ccccc5n4)c3c2)cc1. The highest BCUT2D eigenvalue weighted by Gasteiger charge is 2.37. The van der Waals surface area contributed by atoms with Crippen molar-refractivity contribution in [2.24, 2.45) is 0 Å². The lowest BCUT2D eigenvalue weighted by Gasteiger charge is -2.21. The smallest absolute Gasteiger partial charge is 0.235 e. The predicted octanol–water partition coefficient (Wildman–Crippen LogP) is 33.6. The van der Waals surface area contributed by atoms with Crippen LogP contribution in [0.1, 0.15) is 25.0 Å². The van der Waals surface area contributed by atoms with Gasteiger partial charge in [0.2, 0.25) is 5.95 Å². The van der Waals surface area contributed by atoms with Crippen molar-refractivity contribution in [3.63, 3.8) is 0 Å². The molecule has 0 bridgehead atoms. The van der Waals surface area contributed by atoms with Crippen molar-refractivity contribution in [3.8, 4) is 107 Å². The standard InChI is InChI=1S/C44H25N3OS.C42H30N4.C39H24N2S/c1-2-11-26(12-3-1)27-21-22-33-37(25-27)47(36-24-23-30-28-13-5-8-19-38(28)48-42(30)40(33)36)44-45-35-18-7-4-15-32(35)41(46-44)34-17-10-16-31-29-14-6-9-20-39(29)49-43(31)34;1-42(2)35-19-11-9-17-31(35)33-25-34-32-18-10-12-20-37(32)46(38(34)26-36(33)42)30-23-21-29(22-24-30)41-44-39(27-13-5-3-6-14-27)43-40(45-41)28-15-7-4-8-16-28;1-2-10-25(11-3-1)26-18-20-27(21-19-26)32-24-37(40-33-15-7-4-12-28(32)33)41-34-16-8-5-14-31(34)38-35(41)23-22-30-29-13-6-9-17-36(29)42-39(30)38/h1-25H;3-26H,1-2H3;1-24H. The van der Waals surface area contributed by atoms with E-state index >= 15 is 0 Å². The van der Waals surface area contributed by atoms with Gasteiger partial charge in [0.15, 0.2) is 17.5 Å². The minimum absolute atomic E-state index is 0.0726. The van der Waals surface area contributed by atoms with Gasteiger partial charge in [-0.05, 0) is 165 Å². The zero-order valence-electron chi connectivity index (χ0n) is 74.4. The van der Waals surface area contributed by atoms with E-state index in [0.29, 0.717) is 23.4 Å². The van der Waals surface area contributed by atoms with Crippen LogP contribution in [-0.2, 0) is 5.41 Å². The molecule has 0 amide bonds. The van der Waals surface area contributed by atoms with Gasteiger partial charge in [0.05, 0.1) is 55.2 Å². The molecule has 0 unspecified atom stereocenters.